The van der Waals surface area contributed by atoms with E-state index >= 15 is 0 Å². The number of hydrogen-bond donors (Lipinski definition) is 2. The first-order valence-corrected chi connectivity index (χ1v) is 8.13. The normalized spacial score (nSPS) is 29.4. The van der Waals surface area contributed by atoms with Crippen molar-refractivity contribution >= 4 is 21.8 Å². The van der Waals surface area contributed by atoms with Crippen molar-refractivity contribution in [2.24, 2.45) is 17.8 Å². The number of nitrogens with one attached hydrogen (secondary N) is 1. The first-order chi connectivity index (χ1) is 9.54. The van der Waals surface area contributed by atoms with Crippen LogP contribution in [0.4, 0.5) is 0 Å². The van der Waals surface area contributed by atoms with E-state index in [4.69, 9.17) is 0 Å². The van der Waals surface area contributed by atoms with Gasteiger partial charge in [0.2, 0.25) is 0 Å². The molecule has 108 valence electrons. The van der Waals surface area contributed by atoms with E-state index in [-0.39, 0.29) is 17.7 Å². The largest absolute Gasteiger partial charge is 0.507 e. The molecule has 0 heterocycles. The number of hydrogen-bond acceptors (Lipinski definition) is 2. The van der Waals surface area contributed by atoms with Gasteiger partial charge in [-0.15, -0.1) is 0 Å². The second-order valence-corrected chi connectivity index (χ2v) is 7.18. The molecule has 3 rings (SSSR count). The Bertz CT molecular complexity index is 531. The minimum Gasteiger partial charge on any atom is -0.507 e. The molecule has 2 bridgehead atoms. The zero-order valence-corrected chi connectivity index (χ0v) is 13.2. The highest BCUT2D eigenvalue weighted by Crippen LogP contribution is 2.49. The number of phenols is 1. The summed E-state index contributed by atoms with van der Waals surface area (Å²) in [5.41, 5.74) is 0.342. The standard InChI is InChI=1S/C16H20BrNO2/c1-9(13-7-10-2-3-11(13)6-10)18-16(20)14-8-12(17)4-5-15(14)19/h4-5,8-11,13,19H,2-3,6-7H2,1H3,(H,18,20). The Morgan fingerprint density at radius 3 is 2.85 bits per heavy atom. The van der Waals surface area contributed by atoms with Crippen LogP contribution in [0, 0.1) is 17.8 Å². The van der Waals surface area contributed by atoms with E-state index in [9.17, 15) is 9.90 Å². The predicted molar refractivity (Wildman–Crippen MR) is 81.7 cm³/mol. The molecule has 2 aliphatic carbocycles. The van der Waals surface area contributed by atoms with Crippen LogP contribution in [-0.4, -0.2) is 17.1 Å². The molecule has 0 aromatic heterocycles. The monoisotopic (exact) mass is 337 g/mol. The maximum atomic E-state index is 12.3. The van der Waals surface area contributed by atoms with E-state index in [2.05, 4.69) is 28.2 Å². The SMILES string of the molecule is CC(NC(=O)c1cc(Br)ccc1O)C1CC2CCC1C2. The summed E-state index contributed by atoms with van der Waals surface area (Å²) < 4.78 is 0.799. The van der Waals surface area contributed by atoms with Gasteiger partial charge < -0.3 is 10.4 Å². The highest BCUT2D eigenvalue weighted by atomic mass is 79.9. The summed E-state index contributed by atoms with van der Waals surface area (Å²) in [4.78, 5) is 12.3. The number of rotatable bonds is 3. The first kappa shape index (κ1) is 13.9. The number of benzene rings is 1. The average molecular weight is 338 g/mol. The smallest absolute Gasteiger partial charge is 0.255 e. The van der Waals surface area contributed by atoms with Gasteiger partial charge in [-0.25, -0.2) is 0 Å². The fourth-order valence-electron chi connectivity index (χ4n) is 3.99. The second-order valence-electron chi connectivity index (χ2n) is 6.26. The molecule has 3 nitrogen and oxygen atoms in total. The average Bonchev–Trinajstić information content (AvgIpc) is 3.03. The summed E-state index contributed by atoms with van der Waals surface area (Å²) in [6.07, 6.45) is 5.27. The molecule has 4 heteroatoms. The van der Waals surface area contributed by atoms with Crippen LogP contribution in [-0.2, 0) is 0 Å². The minimum atomic E-state index is -0.181. The van der Waals surface area contributed by atoms with Gasteiger partial charge in [0.05, 0.1) is 5.56 Å². The fraction of sp³-hybridized carbons (Fsp3) is 0.562. The molecule has 0 saturated heterocycles. The molecular formula is C16H20BrNO2. The van der Waals surface area contributed by atoms with Gasteiger partial charge >= 0.3 is 0 Å². The van der Waals surface area contributed by atoms with E-state index in [1.807, 2.05) is 0 Å². The topological polar surface area (TPSA) is 49.3 Å². The van der Waals surface area contributed by atoms with Gasteiger partial charge in [-0.3, -0.25) is 4.79 Å². The molecule has 1 aromatic carbocycles. The Labute approximate surface area is 127 Å². The fourth-order valence-corrected chi connectivity index (χ4v) is 4.35. The Kier molecular flexibility index (Phi) is 3.76. The van der Waals surface area contributed by atoms with Gasteiger partial charge in [0.25, 0.3) is 5.91 Å². The summed E-state index contributed by atoms with van der Waals surface area (Å²) in [7, 11) is 0. The van der Waals surface area contributed by atoms with Crippen LogP contribution in [0.2, 0.25) is 0 Å². The minimum absolute atomic E-state index is 0.0332. The van der Waals surface area contributed by atoms with Crippen LogP contribution in [0.15, 0.2) is 22.7 Å². The lowest BCUT2D eigenvalue weighted by atomic mass is 9.84. The maximum Gasteiger partial charge on any atom is 0.255 e. The Morgan fingerprint density at radius 2 is 2.20 bits per heavy atom. The van der Waals surface area contributed by atoms with Gasteiger partial charge in [0.15, 0.2) is 0 Å². The number of carbonyl (C=O) groups is 1. The summed E-state index contributed by atoms with van der Waals surface area (Å²) in [6, 6.07) is 5.11. The van der Waals surface area contributed by atoms with Crippen molar-refractivity contribution in [1.29, 1.82) is 0 Å². The molecular weight excluding hydrogens is 318 g/mol. The molecule has 0 aliphatic heterocycles. The molecule has 0 spiro atoms. The zero-order valence-electron chi connectivity index (χ0n) is 11.6. The summed E-state index contributed by atoms with van der Waals surface area (Å²) in [5.74, 6) is 2.12. The number of aromatic hydroxyl groups is 1. The number of phenolic OH excluding ortho intramolecular Hbond substituents is 1. The van der Waals surface area contributed by atoms with E-state index in [0.717, 1.165) is 16.3 Å². The van der Waals surface area contributed by atoms with Crippen molar-refractivity contribution in [3.63, 3.8) is 0 Å². The van der Waals surface area contributed by atoms with Crippen LogP contribution in [0.25, 0.3) is 0 Å². The molecule has 20 heavy (non-hydrogen) atoms. The van der Waals surface area contributed by atoms with Crippen molar-refractivity contribution in [3.8, 4) is 5.75 Å². The Hall–Kier alpha value is -1.03. The van der Waals surface area contributed by atoms with E-state index in [0.29, 0.717) is 11.5 Å². The van der Waals surface area contributed by atoms with Gasteiger partial charge in [-0.1, -0.05) is 22.4 Å². The van der Waals surface area contributed by atoms with Gasteiger partial charge in [0, 0.05) is 10.5 Å². The van der Waals surface area contributed by atoms with Crippen molar-refractivity contribution < 1.29 is 9.90 Å². The van der Waals surface area contributed by atoms with E-state index in [1.165, 1.54) is 25.7 Å². The third-order valence-corrected chi connectivity index (χ3v) is 5.49. The van der Waals surface area contributed by atoms with Crippen molar-refractivity contribution in [3.05, 3.63) is 28.2 Å². The van der Waals surface area contributed by atoms with E-state index < -0.39 is 0 Å². The van der Waals surface area contributed by atoms with Crippen LogP contribution < -0.4 is 5.32 Å². The molecule has 4 unspecified atom stereocenters. The molecule has 2 aliphatic rings. The van der Waals surface area contributed by atoms with E-state index in [1.54, 1.807) is 18.2 Å². The number of halogens is 1. The quantitative estimate of drug-likeness (QED) is 0.883. The summed E-state index contributed by atoms with van der Waals surface area (Å²) in [6.45, 7) is 2.10. The van der Waals surface area contributed by atoms with Gasteiger partial charge in [-0.05, 0) is 62.1 Å². The highest BCUT2D eigenvalue weighted by molar-refractivity contribution is 9.10. The molecule has 1 aromatic rings. The van der Waals surface area contributed by atoms with Crippen LogP contribution in [0.5, 0.6) is 5.75 Å². The molecule has 0 radical (unpaired) electrons. The second kappa shape index (κ2) is 5.40. The maximum absolute atomic E-state index is 12.3. The third kappa shape index (κ3) is 2.58. The van der Waals surface area contributed by atoms with Crippen molar-refractivity contribution in [1.82, 2.24) is 5.32 Å². The summed E-state index contributed by atoms with van der Waals surface area (Å²) in [5, 5.41) is 12.9. The first-order valence-electron chi connectivity index (χ1n) is 7.34. The zero-order chi connectivity index (χ0) is 14.3. The molecule has 2 fully saturated rings. The van der Waals surface area contributed by atoms with Crippen LogP contribution in [0.3, 0.4) is 0 Å². The summed E-state index contributed by atoms with van der Waals surface area (Å²) >= 11 is 3.33. The number of fused-ring (bicyclic) bond motifs is 2. The lowest BCUT2D eigenvalue weighted by molar-refractivity contribution is 0.0912. The molecule has 2 saturated carbocycles. The van der Waals surface area contributed by atoms with Crippen molar-refractivity contribution in [2.45, 2.75) is 38.6 Å². The number of carbonyl (C=O) groups excluding carboxylic acids is 1. The lowest BCUT2D eigenvalue weighted by Crippen LogP contribution is -2.40. The number of amides is 1. The van der Waals surface area contributed by atoms with Gasteiger partial charge in [0.1, 0.15) is 5.75 Å². The molecule has 1 amide bonds. The van der Waals surface area contributed by atoms with Crippen LogP contribution >= 0.6 is 15.9 Å². The Morgan fingerprint density at radius 1 is 1.40 bits per heavy atom. The lowest BCUT2D eigenvalue weighted by Gasteiger charge is -2.28. The third-order valence-electron chi connectivity index (χ3n) is 5.00. The molecule has 2 N–H and O–H groups in total. The van der Waals surface area contributed by atoms with Crippen molar-refractivity contribution in [2.75, 3.05) is 0 Å². The van der Waals surface area contributed by atoms with Crippen LogP contribution in [0.1, 0.15) is 43.0 Å². The molecule has 4 atom stereocenters. The Balaban J connectivity index is 1.68. The van der Waals surface area contributed by atoms with Gasteiger partial charge in [-0.2, -0.15) is 0 Å². The predicted octanol–water partition coefficient (Wildman–Crippen LogP) is 3.71. The highest BCUT2D eigenvalue weighted by Gasteiger charge is 2.42.